The third-order valence-corrected chi connectivity index (χ3v) is 8.78. The Labute approximate surface area is 217 Å². The lowest BCUT2D eigenvalue weighted by atomic mass is 9.67. The van der Waals surface area contributed by atoms with Gasteiger partial charge in [-0.25, -0.2) is 19.5 Å². The summed E-state index contributed by atoms with van der Waals surface area (Å²) < 4.78 is 7.30. The highest BCUT2D eigenvalue weighted by molar-refractivity contribution is 5.76. The lowest BCUT2D eigenvalue weighted by Crippen LogP contribution is -2.49. The molecule has 1 N–H and O–H groups in total. The van der Waals surface area contributed by atoms with Crippen molar-refractivity contribution in [3.63, 3.8) is 0 Å². The van der Waals surface area contributed by atoms with E-state index in [0.29, 0.717) is 12.0 Å². The molecule has 4 aliphatic rings. The molecule has 2 saturated heterocycles. The molecule has 0 unspecified atom stereocenters. The van der Waals surface area contributed by atoms with E-state index in [2.05, 4.69) is 36.3 Å². The largest absolute Gasteiger partial charge is 0.379 e. The van der Waals surface area contributed by atoms with Crippen LogP contribution in [0.15, 0.2) is 29.6 Å². The van der Waals surface area contributed by atoms with Crippen molar-refractivity contribution < 1.29 is 4.74 Å². The van der Waals surface area contributed by atoms with Gasteiger partial charge in [0.25, 0.3) is 0 Å². The minimum atomic E-state index is 0.109. The molecule has 1 spiro atoms. The van der Waals surface area contributed by atoms with E-state index in [1.54, 1.807) is 10.8 Å². The molecule has 1 saturated carbocycles. The second-order valence-corrected chi connectivity index (χ2v) is 10.9. The predicted molar refractivity (Wildman–Crippen MR) is 143 cm³/mol. The molecule has 10 heteroatoms. The summed E-state index contributed by atoms with van der Waals surface area (Å²) in [5.41, 5.74) is 3.34. The Balaban J connectivity index is 1.05. The van der Waals surface area contributed by atoms with Crippen LogP contribution < -0.4 is 10.2 Å². The van der Waals surface area contributed by atoms with Crippen molar-refractivity contribution >= 4 is 35.1 Å². The molecule has 0 amide bonds. The molecule has 10 nitrogen and oxygen atoms in total. The lowest BCUT2D eigenvalue weighted by molar-refractivity contribution is 0.0115. The Morgan fingerprint density at radius 3 is 2.59 bits per heavy atom. The summed E-state index contributed by atoms with van der Waals surface area (Å²) in [6, 6.07) is 4.85. The highest BCUT2D eigenvalue weighted by Crippen LogP contribution is 2.48. The third-order valence-electron chi connectivity index (χ3n) is 8.78. The monoisotopic (exact) mass is 501 g/mol. The van der Waals surface area contributed by atoms with E-state index in [0.717, 1.165) is 63.1 Å². The number of fused-ring (bicyclic) bond motifs is 4. The first-order valence-corrected chi connectivity index (χ1v) is 13.9. The topological polar surface area (TPSA) is 96.1 Å². The second kappa shape index (κ2) is 9.64. The Kier molecular flexibility index (Phi) is 6.01. The van der Waals surface area contributed by atoms with Crippen molar-refractivity contribution in [2.24, 2.45) is 4.99 Å². The minimum Gasteiger partial charge on any atom is -0.379 e. The molecule has 1 aliphatic carbocycles. The van der Waals surface area contributed by atoms with Gasteiger partial charge in [0.15, 0.2) is 11.5 Å². The Hall–Kier alpha value is -3.11. The number of hydrogen-bond donors (Lipinski definition) is 1. The first-order valence-electron chi connectivity index (χ1n) is 13.9. The summed E-state index contributed by atoms with van der Waals surface area (Å²) in [6.45, 7) is 5.99. The van der Waals surface area contributed by atoms with E-state index >= 15 is 0 Å². The van der Waals surface area contributed by atoms with Crippen molar-refractivity contribution in [2.75, 3.05) is 49.6 Å². The van der Waals surface area contributed by atoms with Gasteiger partial charge in [0.2, 0.25) is 5.95 Å². The molecule has 0 radical (unpaired) electrons. The van der Waals surface area contributed by atoms with Crippen molar-refractivity contribution in [3.05, 3.63) is 30.2 Å². The standard InChI is InChI=1S/C27H35N9O/c1-2-8-27(9-3-1)10-11-28-24-23(27)25-32-26(30-19-36(25)33-24)31-22-5-4-21(18-29-22)34-12-6-20(7-13-34)35-14-16-37-17-15-35/h4-5,11,18-20H,1-3,6-10,12-17H2,(H,29,31,32). The van der Waals surface area contributed by atoms with Crippen molar-refractivity contribution in [3.8, 4) is 0 Å². The van der Waals surface area contributed by atoms with Gasteiger partial charge in [-0.2, -0.15) is 4.98 Å². The number of ether oxygens (including phenoxy) is 1. The first-order chi connectivity index (χ1) is 18.3. The number of nitrogens with zero attached hydrogens (tertiary/aromatic N) is 8. The number of anilines is 3. The van der Waals surface area contributed by atoms with Crippen LogP contribution in [0.1, 0.15) is 56.9 Å². The van der Waals surface area contributed by atoms with Crippen LogP contribution in [-0.2, 0) is 10.2 Å². The molecule has 37 heavy (non-hydrogen) atoms. The van der Waals surface area contributed by atoms with Crippen LogP contribution in [-0.4, -0.2) is 81.1 Å². The highest BCUT2D eigenvalue weighted by atomic mass is 16.5. The van der Waals surface area contributed by atoms with Gasteiger partial charge in [-0.05, 0) is 44.2 Å². The maximum atomic E-state index is 5.52. The normalized spacial score (nSPS) is 22.4. The number of aliphatic imine (C=N–C) groups is 1. The molecule has 3 aromatic rings. The first kappa shape index (κ1) is 23.0. The van der Waals surface area contributed by atoms with Crippen LogP contribution in [0.4, 0.5) is 23.3 Å². The van der Waals surface area contributed by atoms with E-state index in [9.17, 15) is 0 Å². The van der Waals surface area contributed by atoms with Gasteiger partial charge >= 0.3 is 0 Å². The van der Waals surface area contributed by atoms with Gasteiger partial charge in [-0.1, -0.05) is 19.3 Å². The fourth-order valence-electron chi connectivity index (χ4n) is 6.75. The number of nitrogens with one attached hydrogen (secondary N) is 1. The van der Waals surface area contributed by atoms with E-state index in [1.165, 1.54) is 56.2 Å². The van der Waals surface area contributed by atoms with E-state index in [-0.39, 0.29) is 5.41 Å². The molecule has 3 fully saturated rings. The van der Waals surface area contributed by atoms with Gasteiger partial charge in [-0.15, -0.1) is 5.10 Å². The quantitative estimate of drug-likeness (QED) is 0.576. The van der Waals surface area contributed by atoms with Crippen molar-refractivity contribution in [1.82, 2.24) is 29.5 Å². The Bertz CT molecular complexity index is 1270. The molecule has 6 heterocycles. The molecule has 194 valence electrons. The van der Waals surface area contributed by atoms with Gasteiger partial charge < -0.3 is 15.0 Å². The second-order valence-electron chi connectivity index (χ2n) is 10.9. The van der Waals surface area contributed by atoms with Gasteiger partial charge in [0.05, 0.1) is 30.7 Å². The number of aromatic nitrogens is 5. The molecule has 0 aromatic carbocycles. The summed E-state index contributed by atoms with van der Waals surface area (Å²) in [6.07, 6.45) is 15.3. The fourth-order valence-corrected chi connectivity index (χ4v) is 6.75. The van der Waals surface area contributed by atoms with E-state index in [4.69, 9.17) is 14.7 Å². The summed E-state index contributed by atoms with van der Waals surface area (Å²) in [5.74, 6) is 2.09. The van der Waals surface area contributed by atoms with E-state index in [1.807, 2.05) is 18.5 Å². The van der Waals surface area contributed by atoms with Crippen LogP contribution in [0.5, 0.6) is 0 Å². The van der Waals surface area contributed by atoms with E-state index < -0.39 is 0 Å². The average molecular weight is 502 g/mol. The van der Waals surface area contributed by atoms with Crippen molar-refractivity contribution in [2.45, 2.75) is 62.8 Å². The predicted octanol–water partition coefficient (Wildman–Crippen LogP) is 3.87. The zero-order chi connectivity index (χ0) is 24.7. The number of pyridine rings is 1. The smallest absolute Gasteiger partial charge is 0.231 e. The van der Waals surface area contributed by atoms with Crippen LogP contribution in [0.25, 0.3) is 5.65 Å². The summed E-state index contributed by atoms with van der Waals surface area (Å²) >= 11 is 0. The van der Waals surface area contributed by atoms with Crippen LogP contribution in [0.3, 0.4) is 0 Å². The Morgan fingerprint density at radius 2 is 1.81 bits per heavy atom. The Morgan fingerprint density at radius 1 is 0.973 bits per heavy atom. The zero-order valence-corrected chi connectivity index (χ0v) is 21.3. The molecule has 0 bridgehead atoms. The molecular weight excluding hydrogens is 466 g/mol. The molecular formula is C27H35N9O. The SMILES string of the molecule is C1=Nc2nn3cnc(Nc4ccc(N5CCC(N6CCOCC6)CC5)cn4)nc3c2C2(C1)CCCCC2. The summed E-state index contributed by atoms with van der Waals surface area (Å²) in [4.78, 5) is 23.7. The highest BCUT2D eigenvalue weighted by Gasteiger charge is 2.40. The van der Waals surface area contributed by atoms with Crippen LogP contribution in [0.2, 0.25) is 0 Å². The fraction of sp³-hybridized carbons (Fsp3) is 0.593. The summed E-state index contributed by atoms with van der Waals surface area (Å²) in [7, 11) is 0. The lowest BCUT2D eigenvalue weighted by Gasteiger charge is -2.40. The number of piperidine rings is 1. The minimum absolute atomic E-state index is 0.109. The maximum Gasteiger partial charge on any atom is 0.231 e. The molecule has 0 atom stereocenters. The molecule has 3 aliphatic heterocycles. The number of morpholine rings is 1. The number of rotatable bonds is 4. The molecule has 3 aromatic heterocycles. The van der Waals surface area contributed by atoms with Crippen molar-refractivity contribution in [1.29, 1.82) is 0 Å². The van der Waals surface area contributed by atoms with Gasteiger partial charge in [0.1, 0.15) is 12.1 Å². The average Bonchev–Trinajstić information content (AvgIpc) is 3.34. The zero-order valence-electron chi connectivity index (χ0n) is 21.3. The number of hydrogen-bond acceptors (Lipinski definition) is 9. The summed E-state index contributed by atoms with van der Waals surface area (Å²) in [5, 5.41) is 8.00. The van der Waals surface area contributed by atoms with Crippen LogP contribution in [0, 0.1) is 0 Å². The van der Waals surface area contributed by atoms with Gasteiger partial charge in [0, 0.05) is 43.9 Å². The van der Waals surface area contributed by atoms with Gasteiger partial charge in [-0.3, -0.25) is 4.90 Å². The van der Waals surface area contributed by atoms with Crippen LogP contribution >= 0.6 is 0 Å². The molecule has 7 rings (SSSR count). The maximum absolute atomic E-state index is 5.52. The third kappa shape index (κ3) is 4.35.